The summed E-state index contributed by atoms with van der Waals surface area (Å²) in [6.07, 6.45) is 3.12. The third-order valence-electron chi connectivity index (χ3n) is 3.72. The van der Waals surface area contributed by atoms with Crippen LogP contribution in [0.3, 0.4) is 0 Å². The van der Waals surface area contributed by atoms with Crippen molar-refractivity contribution < 1.29 is 9.53 Å². The van der Waals surface area contributed by atoms with E-state index in [2.05, 4.69) is 30.2 Å². The number of nitrogens with one attached hydrogen (secondary N) is 2. The number of aromatic amines is 1. The molecule has 0 bridgehead atoms. The normalized spacial score (nSPS) is 10.7. The maximum atomic E-state index is 12.6. The number of benzene rings is 1. The number of anilines is 1. The number of rotatable bonds is 4. The second-order valence-electron chi connectivity index (χ2n) is 5.38. The molecular weight excluding hydrogens is 332 g/mol. The van der Waals surface area contributed by atoms with Crippen molar-refractivity contribution in [3.63, 3.8) is 0 Å². The molecule has 0 unspecified atom stereocenters. The molecule has 26 heavy (non-hydrogen) atoms. The van der Waals surface area contributed by atoms with E-state index in [0.717, 1.165) is 5.52 Å². The molecule has 0 saturated carbocycles. The molecule has 8 nitrogen and oxygen atoms in total. The number of pyridine rings is 1. The third kappa shape index (κ3) is 2.95. The molecule has 0 atom stereocenters. The van der Waals surface area contributed by atoms with Crippen LogP contribution in [0.1, 0.15) is 10.4 Å². The van der Waals surface area contributed by atoms with Crippen molar-refractivity contribution in [2.45, 2.75) is 0 Å². The molecule has 2 N–H and O–H groups in total. The van der Waals surface area contributed by atoms with E-state index in [-0.39, 0.29) is 11.9 Å². The Labute approximate surface area is 148 Å². The quantitative estimate of drug-likeness (QED) is 0.588. The second-order valence-corrected chi connectivity index (χ2v) is 5.38. The van der Waals surface area contributed by atoms with Gasteiger partial charge in [-0.05, 0) is 24.3 Å². The minimum Gasteiger partial charge on any atom is -0.481 e. The number of para-hydroxylation sites is 1. The highest BCUT2D eigenvalue weighted by molar-refractivity contribution is 6.11. The Hall–Kier alpha value is -3.81. The lowest BCUT2D eigenvalue weighted by Crippen LogP contribution is -2.14. The van der Waals surface area contributed by atoms with Gasteiger partial charge in [-0.25, -0.2) is 19.9 Å². The van der Waals surface area contributed by atoms with E-state index in [1.165, 1.54) is 0 Å². The number of fused-ring (bicyclic) bond motifs is 1. The Morgan fingerprint density at radius 1 is 1.04 bits per heavy atom. The van der Waals surface area contributed by atoms with Crippen molar-refractivity contribution >= 4 is 22.9 Å². The molecule has 0 saturated heterocycles. The standard InChI is InChI=1S/C18H14N6O2/c1-26-14-8-3-7-13(21-14)16-22-12-6-2-5-11(15(12)23-16)17(25)24-18-19-9-4-10-20-18/h2-10H,1H3,(H,22,23)(H,19,20,24,25). The molecule has 0 radical (unpaired) electrons. The number of nitrogens with zero attached hydrogens (tertiary/aromatic N) is 4. The van der Waals surface area contributed by atoms with E-state index >= 15 is 0 Å². The van der Waals surface area contributed by atoms with Crippen molar-refractivity contribution in [2.75, 3.05) is 12.4 Å². The molecule has 0 aliphatic rings. The number of hydrogen-bond acceptors (Lipinski definition) is 6. The number of hydrogen-bond donors (Lipinski definition) is 2. The van der Waals surface area contributed by atoms with E-state index in [9.17, 15) is 4.79 Å². The smallest absolute Gasteiger partial charge is 0.260 e. The fourth-order valence-corrected chi connectivity index (χ4v) is 2.53. The lowest BCUT2D eigenvalue weighted by molar-refractivity contribution is 0.102. The first kappa shape index (κ1) is 15.7. The van der Waals surface area contributed by atoms with Crippen LogP contribution in [0.15, 0.2) is 54.9 Å². The Bertz CT molecular complexity index is 1080. The predicted molar refractivity (Wildman–Crippen MR) is 95.9 cm³/mol. The maximum Gasteiger partial charge on any atom is 0.260 e. The summed E-state index contributed by atoms with van der Waals surface area (Å²) in [6, 6.07) is 12.4. The zero-order valence-corrected chi connectivity index (χ0v) is 13.8. The van der Waals surface area contributed by atoms with E-state index in [1.807, 2.05) is 18.2 Å². The van der Waals surface area contributed by atoms with Crippen molar-refractivity contribution in [1.82, 2.24) is 24.9 Å². The average Bonchev–Trinajstić information content (AvgIpc) is 3.13. The Morgan fingerprint density at radius 2 is 1.85 bits per heavy atom. The van der Waals surface area contributed by atoms with Crippen LogP contribution in [0.25, 0.3) is 22.6 Å². The lowest BCUT2D eigenvalue weighted by Gasteiger charge is -2.03. The van der Waals surface area contributed by atoms with Gasteiger partial charge in [0.15, 0.2) is 5.82 Å². The van der Waals surface area contributed by atoms with Crippen molar-refractivity contribution in [3.8, 4) is 17.4 Å². The SMILES string of the molecule is COc1cccc(-c2nc3c(C(=O)Nc4ncccn4)cccc3[nH]2)n1. The summed E-state index contributed by atoms with van der Waals surface area (Å²) in [5.74, 6) is 0.940. The first-order valence-electron chi connectivity index (χ1n) is 7.83. The van der Waals surface area contributed by atoms with Crippen LogP contribution in [-0.4, -0.2) is 37.9 Å². The summed E-state index contributed by atoms with van der Waals surface area (Å²) in [7, 11) is 1.55. The molecule has 0 spiro atoms. The van der Waals surface area contributed by atoms with Gasteiger partial charge in [-0.15, -0.1) is 0 Å². The second kappa shape index (κ2) is 6.60. The molecule has 4 aromatic rings. The highest BCUT2D eigenvalue weighted by atomic mass is 16.5. The molecule has 0 fully saturated rings. The summed E-state index contributed by atoms with van der Waals surface area (Å²) < 4.78 is 5.15. The highest BCUT2D eigenvalue weighted by Gasteiger charge is 2.16. The number of methoxy groups -OCH3 is 1. The fraction of sp³-hybridized carbons (Fsp3) is 0.0556. The van der Waals surface area contributed by atoms with Gasteiger partial charge < -0.3 is 9.72 Å². The first-order chi connectivity index (χ1) is 12.7. The van der Waals surface area contributed by atoms with Crippen LogP contribution in [0, 0.1) is 0 Å². The zero-order chi connectivity index (χ0) is 17.9. The van der Waals surface area contributed by atoms with Crippen molar-refractivity contribution in [1.29, 1.82) is 0 Å². The fourth-order valence-electron chi connectivity index (χ4n) is 2.53. The lowest BCUT2D eigenvalue weighted by atomic mass is 10.2. The number of carbonyl (C=O) groups is 1. The van der Waals surface area contributed by atoms with E-state index < -0.39 is 0 Å². The number of imidazole rings is 1. The van der Waals surface area contributed by atoms with Crippen LogP contribution >= 0.6 is 0 Å². The number of H-pyrrole nitrogens is 1. The zero-order valence-electron chi connectivity index (χ0n) is 13.8. The molecule has 3 heterocycles. The number of carbonyl (C=O) groups excluding carboxylic acids is 1. The van der Waals surface area contributed by atoms with E-state index in [1.54, 1.807) is 43.8 Å². The van der Waals surface area contributed by atoms with Crippen LogP contribution in [-0.2, 0) is 0 Å². The van der Waals surface area contributed by atoms with Crippen molar-refractivity contribution in [2.24, 2.45) is 0 Å². The van der Waals surface area contributed by atoms with Gasteiger partial charge in [-0.1, -0.05) is 12.1 Å². The topological polar surface area (TPSA) is 106 Å². The summed E-state index contributed by atoms with van der Waals surface area (Å²) >= 11 is 0. The minimum absolute atomic E-state index is 0.236. The minimum atomic E-state index is -0.335. The molecule has 128 valence electrons. The van der Waals surface area contributed by atoms with E-state index in [4.69, 9.17) is 4.74 Å². The van der Waals surface area contributed by atoms with Crippen LogP contribution < -0.4 is 10.1 Å². The summed E-state index contributed by atoms with van der Waals surface area (Å²) in [5, 5.41) is 2.67. The van der Waals surface area contributed by atoms with Crippen molar-refractivity contribution in [3.05, 3.63) is 60.4 Å². The van der Waals surface area contributed by atoms with E-state index in [0.29, 0.717) is 28.5 Å². The molecule has 0 aliphatic carbocycles. The first-order valence-corrected chi connectivity index (χ1v) is 7.83. The van der Waals surface area contributed by atoms with Gasteiger partial charge in [-0.3, -0.25) is 10.1 Å². The number of aromatic nitrogens is 5. The Kier molecular flexibility index (Phi) is 3.98. The monoisotopic (exact) mass is 346 g/mol. The number of amides is 1. The van der Waals surface area contributed by atoms with Gasteiger partial charge in [-0.2, -0.15) is 0 Å². The largest absolute Gasteiger partial charge is 0.481 e. The molecule has 1 amide bonds. The molecule has 8 heteroatoms. The van der Waals surface area contributed by atoms with Crippen LogP contribution in [0.2, 0.25) is 0 Å². The van der Waals surface area contributed by atoms with Gasteiger partial charge in [0, 0.05) is 18.5 Å². The van der Waals surface area contributed by atoms with Gasteiger partial charge in [0.2, 0.25) is 11.8 Å². The van der Waals surface area contributed by atoms with Crippen LogP contribution in [0.5, 0.6) is 5.88 Å². The third-order valence-corrected chi connectivity index (χ3v) is 3.72. The summed E-state index contributed by atoms with van der Waals surface area (Å²) in [5.41, 5.74) is 2.31. The molecule has 3 aromatic heterocycles. The molecular formula is C18H14N6O2. The van der Waals surface area contributed by atoms with Gasteiger partial charge >= 0.3 is 0 Å². The Balaban J connectivity index is 1.72. The molecule has 1 aromatic carbocycles. The van der Waals surface area contributed by atoms with Gasteiger partial charge in [0.1, 0.15) is 11.2 Å². The Morgan fingerprint density at radius 3 is 2.65 bits per heavy atom. The predicted octanol–water partition coefficient (Wildman–Crippen LogP) is 2.68. The van der Waals surface area contributed by atoms with Crippen LogP contribution in [0.4, 0.5) is 5.95 Å². The highest BCUT2D eigenvalue weighted by Crippen LogP contribution is 2.23. The number of ether oxygens (including phenoxy) is 1. The maximum absolute atomic E-state index is 12.6. The molecule has 0 aliphatic heterocycles. The average molecular weight is 346 g/mol. The summed E-state index contributed by atoms with van der Waals surface area (Å²) in [4.78, 5) is 32.7. The van der Waals surface area contributed by atoms with Gasteiger partial charge in [0.25, 0.3) is 5.91 Å². The van der Waals surface area contributed by atoms with Gasteiger partial charge in [0.05, 0.1) is 18.2 Å². The summed E-state index contributed by atoms with van der Waals surface area (Å²) in [6.45, 7) is 0. The molecule has 4 rings (SSSR count).